The van der Waals surface area contributed by atoms with Crippen LogP contribution in [0.15, 0.2) is 0 Å². The molecule has 1 heterocycles. The van der Waals surface area contributed by atoms with Gasteiger partial charge in [0.1, 0.15) is 0 Å². The van der Waals surface area contributed by atoms with Gasteiger partial charge in [-0.05, 0) is 50.0 Å². The second kappa shape index (κ2) is 5.34. The molecule has 0 radical (unpaired) electrons. The average Bonchev–Trinajstić information content (AvgIpc) is 2.19. The third-order valence-corrected chi connectivity index (χ3v) is 4.24. The smallest absolute Gasteiger partial charge is 0.00474 e. The van der Waals surface area contributed by atoms with Crippen LogP contribution in [0.3, 0.4) is 0 Å². The third kappa shape index (κ3) is 2.96. The van der Waals surface area contributed by atoms with Crippen LogP contribution in [0.1, 0.15) is 53.4 Å². The highest BCUT2D eigenvalue weighted by Gasteiger charge is 2.43. The Balaban J connectivity index is 0.000000531. The molecule has 1 nitrogen and oxygen atoms in total. The van der Waals surface area contributed by atoms with Crippen molar-refractivity contribution >= 4 is 0 Å². The van der Waals surface area contributed by atoms with Gasteiger partial charge in [-0.25, -0.2) is 0 Å². The Morgan fingerprint density at radius 3 is 1.87 bits per heavy atom. The second-order valence-corrected chi connectivity index (χ2v) is 5.75. The lowest BCUT2D eigenvalue weighted by molar-refractivity contribution is -0.0261. The van der Waals surface area contributed by atoms with E-state index in [1.165, 1.54) is 38.8 Å². The van der Waals surface area contributed by atoms with E-state index in [1.807, 2.05) is 13.8 Å². The molecule has 0 aromatic heterocycles. The standard InChI is InChI=1S/C12H23N.C2H6/c1-10(2)11-4-6-12(7-5-11)8-13(3)9-12;1-2/h10-11H,4-9H2,1-3H3;1-2H3. The largest absolute Gasteiger partial charge is 0.305 e. The minimum atomic E-state index is 0.764. The fraction of sp³-hybridized carbons (Fsp3) is 1.00. The molecule has 2 fully saturated rings. The predicted octanol–water partition coefficient (Wildman–Crippen LogP) is 3.79. The van der Waals surface area contributed by atoms with Crippen LogP contribution >= 0.6 is 0 Å². The molecule has 1 aliphatic heterocycles. The minimum Gasteiger partial charge on any atom is -0.305 e. The van der Waals surface area contributed by atoms with E-state index in [0.29, 0.717) is 0 Å². The van der Waals surface area contributed by atoms with E-state index in [4.69, 9.17) is 0 Å². The van der Waals surface area contributed by atoms with Crippen molar-refractivity contribution in [2.24, 2.45) is 17.3 Å². The summed E-state index contributed by atoms with van der Waals surface area (Å²) in [6.07, 6.45) is 5.98. The van der Waals surface area contributed by atoms with Gasteiger partial charge in [-0.1, -0.05) is 27.7 Å². The van der Waals surface area contributed by atoms with E-state index in [2.05, 4.69) is 25.8 Å². The molecule has 2 aliphatic rings. The molecule has 1 spiro atoms. The summed E-state index contributed by atoms with van der Waals surface area (Å²) in [7, 11) is 2.25. The fourth-order valence-electron chi connectivity index (χ4n) is 3.33. The molecule has 0 atom stereocenters. The second-order valence-electron chi connectivity index (χ2n) is 5.75. The SMILES string of the molecule is CC.CC(C)C1CCC2(CC1)CN(C)C2. The molecule has 1 saturated heterocycles. The van der Waals surface area contributed by atoms with Crippen LogP contribution in [-0.2, 0) is 0 Å². The zero-order valence-corrected chi connectivity index (χ0v) is 11.3. The molecule has 0 N–H and O–H groups in total. The monoisotopic (exact) mass is 211 g/mol. The van der Waals surface area contributed by atoms with Crippen molar-refractivity contribution < 1.29 is 0 Å². The lowest BCUT2D eigenvalue weighted by Crippen LogP contribution is -2.55. The molecule has 0 aromatic rings. The highest BCUT2D eigenvalue weighted by molar-refractivity contribution is 4.96. The van der Waals surface area contributed by atoms with Gasteiger partial charge in [0, 0.05) is 13.1 Å². The van der Waals surface area contributed by atoms with Gasteiger partial charge < -0.3 is 4.90 Å². The van der Waals surface area contributed by atoms with Gasteiger partial charge in [0.2, 0.25) is 0 Å². The van der Waals surface area contributed by atoms with Crippen LogP contribution in [0.5, 0.6) is 0 Å². The van der Waals surface area contributed by atoms with Crippen molar-refractivity contribution in [2.75, 3.05) is 20.1 Å². The maximum atomic E-state index is 2.47. The van der Waals surface area contributed by atoms with E-state index in [-0.39, 0.29) is 0 Å². The van der Waals surface area contributed by atoms with Crippen LogP contribution in [0, 0.1) is 17.3 Å². The van der Waals surface area contributed by atoms with E-state index >= 15 is 0 Å². The van der Waals surface area contributed by atoms with Gasteiger partial charge in [0.05, 0.1) is 0 Å². The van der Waals surface area contributed by atoms with Gasteiger partial charge in [-0.15, -0.1) is 0 Å². The summed E-state index contributed by atoms with van der Waals surface area (Å²) in [4.78, 5) is 2.47. The van der Waals surface area contributed by atoms with Gasteiger partial charge in [-0.3, -0.25) is 0 Å². The number of rotatable bonds is 1. The Labute approximate surface area is 96.2 Å². The van der Waals surface area contributed by atoms with E-state index in [9.17, 15) is 0 Å². The molecular formula is C14H29N. The first-order chi connectivity index (χ1) is 7.11. The van der Waals surface area contributed by atoms with Gasteiger partial charge in [-0.2, -0.15) is 0 Å². The van der Waals surface area contributed by atoms with Crippen LogP contribution in [0.25, 0.3) is 0 Å². The van der Waals surface area contributed by atoms with Crippen LogP contribution in [0.4, 0.5) is 0 Å². The van der Waals surface area contributed by atoms with Crippen LogP contribution in [-0.4, -0.2) is 25.0 Å². The molecule has 0 unspecified atom stereocenters. The van der Waals surface area contributed by atoms with Crippen molar-refractivity contribution in [1.29, 1.82) is 0 Å². The normalized spacial score (nSPS) is 26.0. The summed E-state index contributed by atoms with van der Waals surface area (Å²) in [6.45, 7) is 11.5. The van der Waals surface area contributed by atoms with E-state index in [0.717, 1.165) is 17.3 Å². The lowest BCUT2D eigenvalue weighted by Gasteiger charge is -2.52. The average molecular weight is 211 g/mol. The molecule has 1 aliphatic carbocycles. The zero-order valence-electron chi connectivity index (χ0n) is 11.3. The topological polar surface area (TPSA) is 3.24 Å². The quantitative estimate of drug-likeness (QED) is 0.638. The lowest BCUT2D eigenvalue weighted by atomic mass is 9.64. The summed E-state index contributed by atoms with van der Waals surface area (Å²) in [5, 5.41) is 0. The van der Waals surface area contributed by atoms with Crippen molar-refractivity contribution in [2.45, 2.75) is 53.4 Å². The highest BCUT2D eigenvalue weighted by Crippen LogP contribution is 2.46. The molecule has 0 bridgehead atoms. The predicted molar refractivity (Wildman–Crippen MR) is 68.1 cm³/mol. The van der Waals surface area contributed by atoms with Crippen LogP contribution in [0.2, 0.25) is 0 Å². The Morgan fingerprint density at radius 1 is 1.07 bits per heavy atom. The summed E-state index contributed by atoms with van der Waals surface area (Å²) >= 11 is 0. The van der Waals surface area contributed by atoms with Gasteiger partial charge in [0.15, 0.2) is 0 Å². The molecule has 2 rings (SSSR count). The van der Waals surface area contributed by atoms with Gasteiger partial charge in [0.25, 0.3) is 0 Å². The fourth-order valence-corrected chi connectivity index (χ4v) is 3.33. The first-order valence-electron chi connectivity index (χ1n) is 6.80. The molecule has 0 amide bonds. The summed E-state index contributed by atoms with van der Waals surface area (Å²) < 4.78 is 0. The van der Waals surface area contributed by atoms with Crippen LogP contribution < -0.4 is 0 Å². The molecule has 0 aromatic carbocycles. The Bertz CT molecular complexity index is 170. The van der Waals surface area contributed by atoms with Gasteiger partial charge >= 0.3 is 0 Å². The first-order valence-corrected chi connectivity index (χ1v) is 6.80. The number of nitrogens with zero attached hydrogens (tertiary/aromatic N) is 1. The Morgan fingerprint density at radius 2 is 1.53 bits per heavy atom. The summed E-state index contributed by atoms with van der Waals surface area (Å²) in [5.41, 5.74) is 0.764. The minimum absolute atomic E-state index is 0.764. The first kappa shape index (κ1) is 13.0. The number of hydrogen-bond acceptors (Lipinski definition) is 1. The van der Waals surface area contributed by atoms with Crippen molar-refractivity contribution in [3.05, 3.63) is 0 Å². The molecule has 1 heteroatoms. The van der Waals surface area contributed by atoms with E-state index in [1.54, 1.807) is 0 Å². The molecule has 90 valence electrons. The highest BCUT2D eigenvalue weighted by atomic mass is 15.2. The number of hydrogen-bond donors (Lipinski definition) is 0. The third-order valence-electron chi connectivity index (χ3n) is 4.24. The maximum Gasteiger partial charge on any atom is 0.00474 e. The van der Waals surface area contributed by atoms with Crippen molar-refractivity contribution in [1.82, 2.24) is 4.90 Å². The molecule has 1 saturated carbocycles. The zero-order chi connectivity index (χ0) is 11.5. The summed E-state index contributed by atoms with van der Waals surface area (Å²) in [6, 6.07) is 0. The van der Waals surface area contributed by atoms with Crippen molar-refractivity contribution in [3.63, 3.8) is 0 Å². The van der Waals surface area contributed by atoms with Crippen molar-refractivity contribution in [3.8, 4) is 0 Å². The maximum absolute atomic E-state index is 2.47. The molecular weight excluding hydrogens is 182 g/mol. The summed E-state index contributed by atoms with van der Waals surface area (Å²) in [5.74, 6) is 1.94. The molecule has 15 heavy (non-hydrogen) atoms. The number of likely N-dealkylation sites (tertiary alicyclic amines) is 1. The Hall–Kier alpha value is -0.0400. The van der Waals surface area contributed by atoms with E-state index < -0.39 is 0 Å². The Kier molecular flexibility index (Phi) is 4.64.